The molecule has 2 N–H and O–H groups in total. The van der Waals surface area contributed by atoms with Crippen molar-refractivity contribution >= 4 is 11.8 Å². The van der Waals surface area contributed by atoms with Crippen LogP contribution in [0.1, 0.15) is 25.6 Å². The summed E-state index contributed by atoms with van der Waals surface area (Å²) in [6.07, 6.45) is 1.95. The quantitative estimate of drug-likeness (QED) is 0.785. The van der Waals surface area contributed by atoms with E-state index in [2.05, 4.69) is 34.1 Å². The Morgan fingerprint density at radius 3 is 2.94 bits per heavy atom. The smallest absolute Gasteiger partial charge is 0.284 e. The van der Waals surface area contributed by atoms with Crippen LogP contribution in [0.15, 0.2) is 22.2 Å². The molecule has 0 atom stereocenters. The first-order chi connectivity index (χ1) is 7.65. The second kappa shape index (κ2) is 4.56. The highest BCUT2D eigenvalue weighted by Crippen LogP contribution is 2.16. The Hall–Kier alpha value is -1.50. The van der Waals surface area contributed by atoms with Gasteiger partial charge in [0.1, 0.15) is 0 Å². The van der Waals surface area contributed by atoms with Crippen molar-refractivity contribution in [3.8, 4) is 0 Å². The van der Waals surface area contributed by atoms with Gasteiger partial charge in [0.05, 0.1) is 5.69 Å². The molecule has 0 saturated carbocycles. The first-order valence-electron chi connectivity index (χ1n) is 4.96. The molecule has 0 amide bonds. The molecule has 2 aromatic heterocycles. The number of nitrogens with one attached hydrogen (secondary N) is 2. The van der Waals surface area contributed by atoms with E-state index in [4.69, 9.17) is 0 Å². The largest absolute Gasteiger partial charge is 0.341 e. The molecule has 0 bridgehead atoms. The summed E-state index contributed by atoms with van der Waals surface area (Å²) >= 11 is 1.45. The molecule has 0 fully saturated rings. The van der Waals surface area contributed by atoms with Crippen molar-refractivity contribution in [1.82, 2.24) is 25.0 Å². The molecule has 2 rings (SSSR count). The first kappa shape index (κ1) is 11.0. The van der Waals surface area contributed by atoms with E-state index in [1.165, 1.54) is 11.8 Å². The van der Waals surface area contributed by atoms with Gasteiger partial charge in [0.25, 0.3) is 0 Å². The molecule has 0 aromatic carbocycles. The highest BCUT2D eigenvalue weighted by Gasteiger charge is 2.04. The van der Waals surface area contributed by atoms with Gasteiger partial charge >= 0.3 is 5.69 Å². The van der Waals surface area contributed by atoms with Crippen LogP contribution in [-0.4, -0.2) is 25.0 Å². The first-order valence-corrected chi connectivity index (χ1v) is 5.95. The van der Waals surface area contributed by atoms with E-state index in [-0.39, 0.29) is 5.69 Å². The normalized spacial score (nSPS) is 11.2. The Morgan fingerprint density at radius 2 is 2.38 bits per heavy atom. The number of rotatable bonds is 4. The molecule has 0 spiro atoms. The zero-order valence-corrected chi connectivity index (χ0v) is 9.91. The van der Waals surface area contributed by atoms with Crippen LogP contribution >= 0.6 is 11.8 Å². The number of hydrogen-bond acceptors (Lipinski definition) is 4. The molecule has 7 heteroatoms. The van der Waals surface area contributed by atoms with Gasteiger partial charge in [-0.2, -0.15) is 5.10 Å². The topological polar surface area (TPSA) is 79.4 Å². The summed E-state index contributed by atoms with van der Waals surface area (Å²) in [5.41, 5.74) is 0.692. The molecule has 2 heterocycles. The van der Waals surface area contributed by atoms with E-state index < -0.39 is 0 Å². The predicted molar refractivity (Wildman–Crippen MR) is 61.4 cm³/mol. The highest BCUT2D eigenvalue weighted by atomic mass is 32.2. The molecule has 0 aliphatic rings. The third-order valence-corrected chi connectivity index (χ3v) is 2.94. The minimum absolute atomic E-state index is 0.282. The average Bonchev–Trinajstić information content (AvgIpc) is 2.83. The predicted octanol–water partition coefficient (Wildman–Crippen LogP) is 1.17. The number of aromatic nitrogens is 5. The Balaban J connectivity index is 1.97. The Labute approximate surface area is 96.5 Å². The maximum Gasteiger partial charge on any atom is 0.341 e. The average molecular weight is 239 g/mol. The molecule has 0 unspecified atom stereocenters. The number of H-pyrrole nitrogens is 2. The Kier molecular flexibility index (Phi) is 3.14. The maximum absolute atomic E-state index is 10.8. The van der Waals surface area contributed by atoms with Gasteiger partial charge in [-0.05, 0) is 19.9 Å². The van der Waals surface area contributed by atoms with Crippen molar-refractivity contribution in [2.45, 2.75) is 30.8 Å². The fourth-order valence-electron chi connectivity index (χ4n) is 1.21. The molecule has 86 valence electrons. The molecular formula is C9H13N5OS. The third-order valence-electron chi connectivity index (χ3n) is 2.03. The monoisotopic (exact) mass is 239 g/mol. The van der Waals surface area contributed by atoms with Crippen molar-refractivity contribution in [3.63, 3.8) is 0 Å². The number of aromatic amines is 2. The van der Waals surface area contributed by atoms with Gasteiger partial charge in [-0.25, -0.2) is 9.89 Å². The number of thioether (sulfide) groups is 1. The van der Waals surface area contributed by atoms with Gasteiger partial charge in [-0.15, -0.1) is 5.10 Å². The lowest BCUT2D eigenvalue weighted by Crippen LogP contribution is -2.01. The minimum Gasteiger partial charge on any atom is -0.284 e. The molecule has 2 aromatic rings. The van der Waals surface area contributed by atoms with Gasteiger partial charge in [0, 0.05) is 18.0 Å². The van der Waals surface area contributed by atoms with Gasteiger partial charge in [0.2, 0.25) is 0 Å². The third kappa shape index (κ3) is 2.54. The van der Waals surface area contributed by atoms with E-state index in [1.54, 1.807) is 0 Å². The van der Waals surface area contributed by atoms with Crippen LogP contribution in [0, 0.1) is 0 Å². The van der Waals surface area contributed by atoms with Crippen LogP contribution in [0.4, 0.5) is 0 Å². The van der Waals surface area contributed by atoms with Gasteiger partial charge in [-0.3, -0.25) is 9.67 Å². The molecule has 6 nitrogen and oxygen atoms in total. The van der Waals surface area contributed by atoms with Crippen molar-refractivity contribution in [2.75, 3.05) is 0 Å². The van der Waals surface area contributed by atoms with Crippen molar-refractivity contribution in [3.05, 3.63) is 28.4 Å². The van der Waals surface area contributed by atoms with Crippen molar-refractivity contribution in [1.29, 1.82) is 0 Å². The Bertz CT molecular complexity index is 512. The van der Waals surface area contributed by atoms with E-state index in [9.17, 15) is 4.79 Å². The summed E-state index contributed by atoms with van der Waals surface area (Å²) in [4.78, 5) is 13.4. The fraction of sp³-hybridized carbons (Fsp3) is 0.444. The molecule has 0 aliphatic carbocycles. The van der Waals surface area contributed by atoms with Gasteiger partial charge in [0.15, 0.2) is 5.16 Å². The fourth-order valence-corrected chi connectivity index (χ4v) is 1.92. The molecule has 0 aliphatic heterocycles. The molecule has 0 saturated heterocycles. The van der Waals surface area contributed by atoms with Gasteiger partial charge < -0.3 is 0 Å². The van der Waals surface area contributed by atoms with Crippen molar-refractivity contribution in [2.24, 2.45) is 0 Å². The minimum atomic E-state index is -0.282. The van der Waals surface area contributed by atoms with Gasteiger partial charge in [-0.1, -0.05) is 11.8 Å². The van der Waals surface area contributed by atoms with Crippen LogP contribution < -0.4 is 5.69 Å². The van der Waals surface area contributed by atoms with E-state index in [0.29, 0.717) is 17.0 Å². The SMILES string of the molecule is CC(C)n1ccc(CSc2n[nH]c(=O)[nH]2)n1. The highest BCUT2D eigenvalue weighted by molar-refractivity contribution is 7.98. The lowest BCUT2D eigenvalue weighted by molar-refractivity contribution is 0.529. The van der Waals surface area contributed by atoms with Crippen LogP contribution in [0.2, 0.25) is 0 Å². The maximum atomic E-state index is 10.8. The number of nitrogens with zero attached hydrogens (tertiary/aromatic N) is 3. The lowest BCUT2D eigenvalue weighted by atomic mass is 10.4. The summed E-state index contributed by atoms with van der Waals surface area (Å²) in [6.45, 7) is 4.16. The summed E-state index contributed by atoms with van der Waals surface area (Å²) in [5, 5.41) is 11.1. The molecular weight excluding hydrogens is 226 g/mol. The molecule has 0 radical (unpaired) electrons. The van der Waals surface area contributed by atoms with Crippen LogP contribution in [0.5, 0.6) is 0 Å². The second-order valence-corrected chi connectivity index (χ2v) is 4.62. The summed E-state index contributed by atoms with van der Waals surface area (Å²) < 4.78 is 1.91. The summed E-state index contributed by atoms with van der Waals surface area (Å²) in [5.74, 6) is 0.695. The summed E-state index contributed by atoms with van der Waals surface area (Å²) in [7, 11) is 0. The van der Waals surface area contributed by atoms with Crippen molar-refractivity contribution < 1.29 is 0 Å². The standard InChI is InChI=1S/C9H13N5OS/c1-6(2)14-4-3-7(13-14)5-16-9-10-8(15)11-12-9/h3-4,6H,5H2,1-2H3,(H2,10,11,12,15). The van der Waals surface area contributed by atoms with E-state index in [0.717, 1.165) is 5.69 Å². The number of hydrogen-bond donors (Lipinski definition) is 2. The van der Waals surface area contributed by atoms with E-state index >= 15 is 0 Å². The lowest BCUT2D eigenvalue weighted by Gasteiger charge is -2.03. The van der Waals surface area contributed by atoms with Crippen LogP contribution in [-0.2, 0) is 5.75 Å². The molecule has 16 heavy (non-hydrogen) atoms. The Morgan fingerprint density at radius 1 is 1.56 bits per heavy atom. The zero-order chi connectivity index (χ0) is 11.5. The zero-order valence-electron chi connectivity index (χ0n) is 9.10. The van der Waals surface area contributed by atoms with Crippen LogP contribution in [0.25, 0.3) is 0 Å². The van der Waals surface area contributed by atoms with E-state index in [1.807, 2.05) is 16.9 Å². The van der Waals surface area contributed by atoms with Crippen LogP contribution in [0.3, 0.4) is 0 Å². The second-order valence-electron chi connectivity index (χ2n) is 3.65. The summed E-state index contributed by atoms with van der Waals surface area (Å²) in [6, 6.07) is 2.33.